The van der Waals surface area contributed by atoms with E-state index >= 15 is 0 Å². The van der Waals surface area contributed by atoms with Gasteiger partial charge in [-0.3, -0.25) is 4.79 Å². The Labute approximate surface area is 145 Å². The van der Waals surface area contributed by atoms with Crippen LogP contribution in [0.1, 0.15) is 15.9 Å². The minimum absolute atomic E-state index is 0.0175. The van der Waals surface area contributed by atoms with E-state index in [1.165, 1.54) is 24.4 Å². The van der Waals surface area contributed by atoms with Crippen LogP contribution in [0.5, 0.6) is 0 Å². The summed E-state index contributed by atoms with van der Waals surface area (Å²) in [6, 6.07) is 5.99. The molecule has 1 heterocycles. The molecule has 0 saturated heterocycles. The molecule has 0 fully saturated rings. The monoisotopic (exact) mass is 363 g/mol. The molecule has 0 bridgehead atoms. The molecule has 0 unspecified atom stereocenters. The van der Waals surface area contributed by atoms with Crippen LogP contribution >= 0.6 is 23.4 Å². The van der Waals surface area contributed by atoms with Crippen LogP contribution in [0.15, 0.2) is 29.6 Å². The number of carboxylic acid groups (broad SMARTS) is 1. The first-order valence-corrected chi connectivity index (χ1v) is 7.75. The van der Waals surface area contributed by atoms with Crippen LogP contribution in [-0.4, -0.2) is 32.7 Å². The molecule has 8 nitrogen and oxygen atoms in total. The summed E-state index contributed by atoms with van der Waals surface area (Å²) in [5.41, 5.74) is 5.93. The second-order valence-corrected chi connectivity index (χ2v) is 5.75. The first-order valence-electron chi connectivity index (χ1n) is 6.39. The number of aromatic carboxylic acids is 1. The molecule has 2 rings (SSSR count). The van der Waals surface area contributed by atoms with Crippen molar-refractivity contribution in [3.63, 3.8) is 0 Å². The lowest BCUT2D eigenvalue weighted by molar-refractivity contribution is -0.113. The lowest BCUT2D eigenvalue weighted by Crippen LogP contribution is -2.15. The molecule has 0 saturated carbocycles. The largest absolute Gasteiger partial charge is 0.478 e. The van der Waals surface area contributed by atoms with Gasteiger partial charge in [-0.1, -0.05) is 23.4 Å². The maximum absolute atomic E-state index is 11.9. The number of hydrogen-bond acceptors (Lipinski definition) is 7. The highest BCUT2D eigenvalue weighted by molar-refractivity contribution is 7.99. The van der Waals surface area contributed by atoms with Crippen molar-refractivity contribution in [1.82, 2.24) is 9.97 Å². The minimum Gasteiger partial charge on any atom is -0.478 e. The van der Waals surface area contributed by atoms with E-state index in [1.54, 1.807) is 0 Å². The number of nitrogens with two attached hydrogens (primary N) is 1. The van der Waals surface area contributed by atoms with Crippen molar-refractivity contribution in [3.8, 4) is 6.07 Å². The second-order valence-electron chi connectivity index (χ2n) is 4.40. The van der Waals surface area contributed by atoms with Gasteiger partial charge >= 0.3 is 5.97 Å². The number of thioether (sulfide) groups is 1. The number of carbonyl (C=O) groups excluding carboxylic acids is 1. The molecular weight excluding hydrogens is 354 g/mol. The summed E-state index contributed by atoms with van der Waals surface area (Å²) < 4.78 is 0. The van der Waals surface area contributed by atoms with Gasteiger partial charge in [-0.15, -0.1) is 0 Å². The average Bonchev–Trinajstić information content (AvgIpc) is 2.54. The zero-order chi connectivity index (χ0) is 17.7. The number of nitrogen functional groups attached to an aromatic ring is 1. The second kappa shape index (κ2) is 7.63. The number of aromatic nitrogens is 2. The number of carbonyl (C=O) groups is 2. The smallest absolute Gasteiger partial charge is 0.337 e. The summed E-state index contributed by atoms with van der Waals surface area (Å²) in [6.07, 6.45) is 1.28. The minimum atomic E-state index is -1.19. The van der Waals surface area contributed by atoms with Crippen molar-refractivity contribution in [2.24, 2.45) is 0 Å². The molecule has 2 aromatic rings. The number of nitrogens with zero attached hydrogens (tertiary/aromatic N) is 3. The standard InChI is InChI=1S/C14H10ClN5O3S/c15-10-2-1-8(3-9(10)13(22)23)19-11(21)6-24-14-18-5-7(4-16)12(17)20-14/h1-3,5H,6H2,(H,19,21)(H,22,23)(H2,17,18,20). The summed E-state index contributed by atoms with van der Waals surface area (Å²) in [4.78, 5) is 30.7. The quantitative estimate of drug-likeness (QED) is 0.540. The van der Waals surface area contributed by atoms with Gasteiger partial charge in [0.15, 0.2) is 5.16 Å². The Morgan fingerprint density at radius 3 is 2.83 bits per heavy atom. The summed E-state index contributed by atoms with van der Waals surface area (Å²) in [6.45, 7) is 0. The number of hydrogen-bond donors (Lipinski definition) is 3. The Kier molecular flexibility index (Phi) is 5.57. The molecule has 0 spiro atoms. The maximum atomic E-state index is 11.9. The highest BCUT2D eigenvalue weighted by Gasteiger charge is 2.12. The van der Waals surface area contributed by atoms with Crippen LogP contribution in [0.4, 0.5) is 11.5 Å². The lowest BCUT2D eigenvalue weighted by Gasteiger charge is -2.07. The van der Waals surface area contributed by atoms with Crippen LogP contribution in [0.3, 0.4) is 0 Å². The fourth-order valence-corrected chi connectivity index (χ4v) is 2.45. The molecule has 0 aliphatic heterocycles. The predicted octanol–water partition coefficient (Wildman–Crippen LogP) is 2.01. The summed E-state index contributed by atoms with van der Waals surface area (Å²) in [5, 5.41) is 20.6. The van der Waals surface area contributed by atoms with Gasteiger partial charge in [-0.2, -0.15) is 5.26 Å². The van der Waals surface area contributed by atoms with E-state index in [2.05, 4.69) is 15.3 Å². The number of carboxylic acids is 1. The van der Waals surface area contributed by atoms with Crippen LogP contribution in [0, 0.1) is 11.3 Å². The SMILES string of the molecule is N#Cc1cnc(SCC(=O)Nc2ccc(Cl)c(C(=O)O)c2)nc1N. The number of benzene rings is 1. The molecule has 0 atom stereocenters. The maximum Gasteiger partial charge on any atom is 0.337 e. The highest BCUT2D eigenvalue weighted by Crippen LogP contribution is 2.21. The van der Waals surface area contributed by atoms with Crippen LogP contribution in [0.25, 0.3) is 0 Å². The van der Waals surface area contributed by atoms with Gasteiger partial charge < -0.3 is 16.2 Å². The van der Waals surface area contributed by atoms with Crippen molar-refractivity contribution in [1.29, 1.82) is 5.26 Å². The highest BCUT2D eigenvalue weighted by atomic mass is 35.5. The molecule has 0 aliphatic rings. The van der Waals surface area contributed by atoms with E-state index in [1.807, 2.05) is 6.07 Å². The molecule has 24 heavy (non-hydrogen) atoms. The fraction of sp³-hybridized carbons (Fsp3) is 0.0714. The van der Waals surface area contributed by atoms with E-state index in [9.17, 15) is 9.59 Å². The van der Waals surface area contributed by atoms with E-state index in [-0.39, 0.29) is 38.8 Å². The van der Waals surface area contributed by atoms with Crippen LogP contribution in [-0.2, 0) is 4.79 Å². The number of rotatable bonds is 5. The number of halogens is 1. The van der Waals surface area contributed by atoms with Crippen LogP contribution in [0.2, 0.25) is 5.02 Å². The Morgan fingerprint density at radius 1 is 1.46 bits per heavy atom. The van der Waals surface area contributed by atoms with Crippen molar-refractivity contribution in [2.45, 2.75) is 5.16 Å². The van der Waals surface area contributed by atoms with E-state index in [0.717, 1.165) is 11.8 Å². The topological polar surface area (TPSA) is 142 Å². The van der Waals surface area contributed by atoms with Gasteiger partial charge in [-0.25, -0.2) is 14.8 Å². The Morgan fingerprint density at radius 2 is 2.21 bits per heavy atom. The molecular formula is C14H10ClN5O3S. The van der Waals surface area contributed by atoms with Crippen molar-refractivity contribution in [2.75, 3.05) is 16.8 Å². The molecule has 0 radical (unpaired) electrons. The van der Waals surface area contributed by atoms with Crippen LogP contribution < -0.4 is 11.1 Å². The summed E-state index contributed by atoms with van der Waals surface area (Å²) >= 11 is 6.79. The average molecular weight is 364 g/mol. The summed E-state index contributed by atoms with van der Waals surface area (Å²) in [7, 11) is 0. The molecule has 1 amide bonds. The molecule has 1 aromatic heterocycles. The number of nitriles is 1. The third kappa shape index (κ3) is 4.34. The lowest BCUT2D eigenvalue weighted by atomic mass is 10.2. The Bertz CT molecular complexity index is 853. The molecule has 0 aliphatic carbocycles. The third-order valence-electron chi connectivity index (χ3n) is 2.73. The number of anilines is 2. The summed E-state index contributed by atoms with van der Waals surface area (Å²) in [5.74, 6) is -1.55. The number of nitrogens with one attached hydrogen (secondary N) is 1. The van der Waals surface area contributed by atoms with Gasteiger partial charge in [0.05, 0.1) is 22.5 Å². The molecule has 122 valence electrons. The van der Waals surface area contributed by atoms with Gasteiger partial charge in [0.25, 0.3) is 0 Å². The van der Waals surface area contributed by atoms with E-state index in [0.29, 0.717) is 5.69 Å². The van der Waals surface area contributed by atoms with Crippen molar-refractivity contribution < 1.29 is 14.7 Å². The van der Waals surface area contributed by atoms with Crippen molar-refractivity contribution >= 4 is 46.7 Å². The van der Waals surface area contributed by atoms with Gasteiger partial charge in [0.2, 0.25) is 5.91 Å². The zero-order valence-electron chi connectivity index (χ0n) is 12.0. The van der Waals surface area contributed by atoms with Crippen molar-refractivity contribution in [3.05, 3.63) is 40.5 Å². The van der Waals surface area contributed by atoms with E-state index < -0.39 is 5.97 Å². The van der Waals surface area contributed by atoms with E-state index in [4.69, 9.17) is 27.7 Å². The zero-order valence-corrected chi connectivity index (χ0v) is 13.6. The first kappa shape index (κ1) is 17.5. The van der Waals surface area contributed by atoms with Gasteiger partial charge in [0, 0.05) is 5.69 Å². The molecule has 10 heteroatoms. The molecule has 1 aromatic carbocycles. The fourth-order valence-electron chi connectivity index (χ4n) is 1.63. The number of amides is 1. The Hall–Kier alpha value is -2.83. The Balaban J connectivity index is 1.99. The predicted molar refractivity (Wildman–Crippen MR) is 88.9 cm³/mol. The molecule has 4 N–H and O–H groups in total. The normalized spacial score (nSPS) is 10.0. The third-order valence-corrected chi connectivity index (χ3v) is 3.92. The van der Waals surface area contributed by atoms with Gasteiger partial charge in [-0.05, 0) is 18.2 Å². The van der Waals surface area contributed by atoms with Gasteiger partial charge in [0.1, 0.15) is 17.5 Å². The first-order chi connectivity index (χ1) is 11.4.